The number of benzene rings is 1. The summed E-state index contributed by atoms with van der Waals surface area (Å²) in [7, 11) is 0. The topological polar surface area (TPSA) is 43.9 Å². The van der Waals surface area contributed by atoms with E-state index >= 15 is 0 Å². The maximum Gasteiger partial charge on any atom is 0.0836 e. The smallest absolute Gasteiger partial charge is 0.0836 e. The van der Waals surface area contributed by atoms with E-state index in [1.165, 1.54) is 28.7 Å². The molecule has 1 aliphatic rings. The lowest BCUT2D eigenvalue weighted by Crippen LogP contribution is -1.99. The Labute approximate surface area is 85.7 Å². The molecule has 0 saturated carbocycles. The van der Waals surface area contributed by atoms with Crippen molar-refractivity contribution in [2.24, 2.45) is 0 Å². The van der Waals surface area contributed by atoms with Gasteiger partial charge in [0, 0.05) is 0 Å². The van der Waals surface area contributed by atoms with Gasteiger partial charge in [-0.3, -0.25) is 0 Å². The first-order chi connectivity index (χ1) is 6.68. The summed E-state index contributed by atoms with van der Waals surface area (Å²) in [6.45, 7) is 6.61. The molecule has 2 nitrogen and oxygen atoms in total. The van der Waals surface area contributed by atoms with Gasteiger partial charge in [0.05, 0.1) is 6.17 Å². The van der Waals surface area contributed by atoms with E-state index in [0.29, 0.717) is 6.17 Å². The molecule has 0 aliphatic carbocycles. The average molecular weight is 190 g/mol. The maximum atomic E-state index is 3.10. The van der Waals surface area contributed by atoms with Crippen LogP contribution in [0, 0.1) is 20.8 Å². The van der Waals surface area contributed by atoms with Gasteiger partial charge in [0.1, 0.15) is 0 Å². The fourth-order valence-electron chi connectivity index (χ4n) is 1.79. The molecule has 1 fully saturated rings. The van der Waals surface area contributed by atoms with Crippen LogP contribution in [0.5, 0.6) is 0 Å². The molecular weight excluding hydrogens is 172 g/mol. The molecule has 14 heavy (non-hydrogen) atoms. The van der Waals surface area contributed by atoms with E-state index in [-0.39, 0.29) is 0 Å². The number of rotatable bonds is 3. The first kappa shape index (κ1) is 9.69. The molecule has 0 unspecified atom stereocenters. The summed E-state index contributed by atoms with van der Waals surface area (Å²) in [4.78, 5) is 0. The Morgan fingerprint density at radius 2 is 1.79 bits per heavy atom. The predicted molar refractivity (Wildman–Crippen MR) is 59.0 cm³/mol. The summed E-state index contributed by atoms with van der Waals surface area (Å²) < 4.78 is 0. The second-order valence-corrected chi connectivity index (χ2v) is 4.17. The Morgan fingerprint density at radius 1 is 1.07 bits per heavy atom. The lowest BCUT2D eigenvalue weighted by atomic mass is 9.96. The Bertz CT molecular complexity index is 340. The largest absolute Gasteiger partial charge is 0.238 e. The molecule has 0 spiro atoms. The predicted octanol–water partition coefficient (Wildman–Crippen LogP) is 1.98. The van der Waals surface area contributed by atoms with Gasteiger partial charge in [-0.2, -0.15) is 0 Å². The fourth-order valence-corrected chi connectivity index (χ4v) is 1.79. The third kappa shape index (κ3) is 1.97. The average Bonchev–Trinajstić information content (AvgIpc) is 2.97. The highest BCUT2D eigenvalue weighted by atomic mass is 15.6. The van der Waals surface area contributed by atoms with Crippen molar-refractivity contribution in [1.29, 1.82) is 0 Å². The standard InChI is InChI=1S/C12H18N2/c1-8-4-5-11(10(3)9(8)2)6-7-12-13-14-12/h4-5,12-14H,6-7H2,1-3H3. The van der Waals surface area contributed by atoms with E-state index in [1.54, 1.807) is 0 Å². The summed E-state index contributed by atoms with van der Waals surface area (Å²) in [6, 6.07) is 4.49. The summed E-state index contributed by atoms with van der Waals surface area (Å²) in [5.41, 5.74) is 12.0. The zero-order valence-electron chi connectivity index (χ0n) is 9.15. The van der Waals surface area contributed by atoms with Gasteiger partial charge in [-0.05, 0) is 55.9 Å². The molecule has 2 heteroatoms. The van der Waals surface area contributed by atoms with Crippen molar-refractivity contribution in [2.45, 2.75) is 39.8 Å². The van der Waals surface area contributed by atoms with Crippen molar-refractivity contribution in [3.05, 3.63) is 34.4 Å². The number of hydrazine groups is 1. The molecule has 1 aromatic carbocycles. The van der Waals surface area contributed by atoms with Gasteiger partial charge in [0.2, 0.25) is 0 Å². The Balaban J connectivity index is 2.11. The number of hydrogen-bond acceptors (Lipinski definition) is 2. The van der Waals surface area contributed by atoms with E-state index < -0.39 is 0 Å². The number of aryl methyl sites for hydroxylation is 2. The molecule has 0 amide bonds. The molecule has 1 aliphatic heterocycles. The Kier molecular flexibility index (Phi) is 2.57. The second kappa shape index (κ2) is 3.71. The minimum atomic E-state index is 0.552. The van der Waals surface area contributed by atoms with Crippen LogP contribution in [0.25, 0.3) is 0 Å². The number of hydrogen-bond donors (Lipinski definition) is 2. The summed E-state index contributed by atoms with van der Waals surface area (Å²) in [5, 5.41) is 0. The lowest BCUT2D eigenvalue weighted by Gasteiger charge is -2.10. The van der Waals surface area contributed by atoms with Gasteiger partial charge in [0.25, 0.3) is 0 Å². The second-order valence-electron chi connectivity index (χ2n) is 4.17. The minimum Gasteiger partial charge on any atom is -0.238 e. The third-order valence-electron chi connectivity index (χ3n) is 3.22. The van der Waals surface area contributed by atoms with Crippen LogP contribution in [-0.4, -0.2) is 6.17 Å². The molecule has 1 heterocycles. The lowest BCUT2D eigenvalue weighted by molar-refractivity contribution is 0.783. The zero-order chi connectivity index (χ0) is 10.1. The van der Waals surface area contributed by atoms with Crippen molar-refractivity contribution < 1.29 is 0 Å². The van der Waals surface area contributed by atoms with E-state index in [4.69, 9.17) is 0 Å². The van der Waals surface area contributed by atoms with Crippen molar-refractivity contribution in [2.75, 3.05) is 0 Å². The van der Waals surface area contributed by atoms with E-state index in [1.807, 2.05) is 0 Å². The first-order valence-electron chi connectivity index (χ1n) is 5.25. The van der Waals surface area contributed by atoms with E-state index in [0.717, 1.165) is 6.42 Å². The van der Waals surface area contributed by atoms with Crippen LogP contribution < -0.4 is 10.9 Å². The van der Waals surface area contributed by atoms with E-state index in [2.05, 4.69) is 43.8 Å². The summed E-state index contributed by atoms with van der Waals surface area (Å²) >= 11 is 0. The van der Waals surface area contributed by atoms with Gasteiger partial charge in [0.15, 0.2) is 0 Å². The molecule has 1 aromatic rings. The molecule has 0 bridgehead atoms. The van der Waals surface area contributed by atoms with Crippen LogP contribution in [0.15, 0.2) is 12.1 Å². The highest BCUT2D eigenvalue weighted by Crippen LogP contribution is 2.19. The van der Waals surface area contributed by atoms with Crippen molar-refractivity contribution >= 4 is 0 Å². The Hall–Kier alpha value is -0.860. The molecule has 0 aromatic heterocycles. The zero-order valence-corrected chi connectivity index (χ0v) is 9.15. The van der Waals surface area contributed by atoms with Crippen LogP contribution in [0.1, 0.15) is 28.7 Å². The molecule has 2 N–H and O–H groups in total. The molecular formula is C12H18N2. The van der Waals surface area contributed by atoms with Crippen LogP contribution in [0.4, 0.5) is 0 Å². The maximum absolute atomic E-state index is 3.10. The van der Waals surface area contributed by atoms with Crippen LogP contribution in [-0.2, 0) is 6.42 Å². The molecule has 2 rings (SSSR count). The van der Waals surface area contributed by atoms with Crippen molar-refractivity contribution in [1.82, 2.24) is 10.9 Å². The van der Waals surface area contributed by atoms with Gasteiger partial charge in [-0.1, -0.05) is 12.1 Å². The molecule has 76 valence electrons. The molecule has 0 atom stereocenters. The number of nitrogens with one attached hydrogen (secondary N) is 2. The van der Waals surface area contributed by atoms with Crippen molar-refractivity contribution in [3.63, 3.8) is 0 Å². The summed E-state index contributed by atoms with van der Waals surface area (Å²) in [6.07, 6.45) is 2.90. The van der Waals surface area contributed by atoms with Crippen molar-refractivity contribution in [3.8, 4) is 0 Å². The van der Waals surface area contributed by atoms with Gasteiger partial charge < -0.3 is 0 Å². The fraction of sp³-hybridized carbons (Fsp3) is 0.500. The van der Waals surface area contributed by atoms with E-state index in [9.17, 15) is 0 Å². The van der Waals surface area contributed by atoms with Crippen LogP contribution >= 0.6 is 0 Å². The van der Waals surface area contributed by atoms with Gasteiger partial charge in [-0.25, -0.2) is 10.9 Å². The highest BCUT2D eigenvalue weighted by Gasteiger charge is 2.18. The molecule has 0 radical (unpaired) electrons. The first-order valence-corrected chi connectivity index (χ1v) is 5.25. The normalized spacial score (nSPS) is 15.9. The van der Waals surface area contributed by atoms with Gasteiger partial charge in [-0.15, -0.1) is 0 Å². The monoisotopic (exact) mass is 190 g/mol. The van der Waals surface area contributed by atoms with Crippen LogP contribution in [0.3, 0.4) is 0 Å². The SMILES string of the molecule is Cc1ccc(CCC2NN2)c(C)c1C. The Morgan fingerprint density at radius 3 is 2.43 bits per heavy atom. The summed E-state index contributed by atoms with van der Waals surface area (Å²) in [5.74, 6) is 0. The third-order valence-corrected chi connectivity index (χ3v) is 3.22. The minimum absolute atomic E-state index is 0.552. The van der Waals surface area contributed by atoms with Crippen LogP contribution in [0.2, 0.25) is 0 Å². The quantitative estimate of drug-likeness (QED) is 0.716. The molecule has 1 saturated heterocycles. The van der Waals surface area contributed by atoms with Gasteiger partial charge >= 0.3 is 0 Å². The highest BCUT2D eigenvalue weighted by molar-refractivity contribution is 5.38.